The highest BCUT2D eigenvalue weighted by Crippen LogP contribution is 2.28. The first-order valence-corrected chi connectivity index (χ1v) is 11.5. The molecule has 0 bridgehead atoms. The molecule has 32 heavy (non-hydrogen) atoms. The van der Waals surface area contributed by atoms with Crippen LogP contribution in [0.25, 0.3) is 5.69 Å². The van der Waals surface area contributed by atoms with Crippen molar-refractivity contribution in [3.63, 3.8) is 0 Å². The highest BCUT2D eigenvalue weighted by molar-refractivity contribution is 8.00. The highest BCUT2D eigenvalue weighted by atomic mass is 32.2. The van der Waals surface area contributed by atoms with Gasteiger partial charge in [0.2, 0.25) is 5.91 Å². The van der Waals surface area contributed by atoms with Gasteiger partial charge in [-0.15, -0.1) is 10.2 Å². The van der Waals surface area contributed by atoms with Crippen LogP contribution in [0.15, 0.2) is 90.1 Å². The predicted octanol–water partition coefficient (Wildman–Crippen LogP) is 5.27. The van der Waals surface area contributed by atoms with Gasteiger partial charge in [0.05, 0.1) is 11.3 Å². The van der Waals surface area contributed by atoms with E-state index in [0.29, 0.717) is 5.16 Å². The summed E-state index contributed by atoms with van der Waals surface area (Å²) in [5.74, 6) is 0.735. The Morgan fingerprint density at radius 1 is 0.844 bits per heavy atom. The SMILES string of the molecule is Cc1ccc(-n2c(C)nnc2SC(C)C(=O)NC(c2ccccc2)c2ccccc2)cc1. The molecule has 0 saturated heterocycles. The van der Waals surface area contributed by atoms with E-state index in [1.54, 1.807) is 0 Å². The number of aryl methyl sites for hydroxylation is 2. The van der Waals surface area contributed by atoms with E-state index in [1.165, 1.54) is 17.3 Å². The minimum absolute atomic E-state index is 0.0520. The lowest BCUT2D eigenvalue weighted by atomic mass is 9.98. The molecule has 4 rings (SSSR count). The first kappa shape index (κ1) is 21.8. The molecule has 1 atom stereocenters. The van der Waals surface area contributed by atoms with Crippen LogP contribution >= 0.6 is 11.8 Å². The number of nitrogens with one attached hydrogen (secondary N) is 1. The second kappa shape index (κ2) is 9.83. The van der Waals surface area contributed by atoms with Gasteiger partial charge in [0, 0.05) is 5.69 Å². The molecule has 0 fully saturated rings. The van der Waals surface area contributed by atoms with Crippen molar-refractivity contribution in [3.05, 3.63) is 107 Å². The maximum Gasteiger partial charge on any atom is 0.234 e. The molecule has 0 spiro atoms. The fourth-order valence-corrected chi connectivity index (χ4v) is 4.45. The molecular weight excluding hydrogens is 416 g/mol. The molecule has 0 saturated carbocycles. The van der Waals surface area contributed by atoms with E-state index in [-0.39, 0.29) is 17.2 Å². The Morgan fingerprint density at radius 3 is 1.97 bits per heavy atom. The van der Waals surface area contributed by atoms with Crippen LogP contribution in [0.5, 0.6) is 0 Å². The zero-order valence-corrected chi connectivity index (χ0v) is 19.2. The summed E-state index contributed by atoms with van der Waals surface area (Å²) < 4.78 is 1.99. The zero-order chi connectivity index (χ0) is 22.5. The normalized spacial score (nSPS) is 12.0. The van der Waals surface area contributed by atoms with Gasteiger partial charge in [-0.2, -0.15) is 0 Å². The molecule has 0 aliphatic heterocycles. The van der Waals surface area contributed by atoms with Crippen molar-refractivity contribution < 1.29 is 4.79 Å². The summed E-state index contributed by atoms with van der Waals surface area (Å²) in [4.78, 5) is 13.2. The van der Waals surface area contributed by atoms with Crippen molar-refractivity contribution >= 4 is 17.7 Å². The Labute approximate surface area is 192 Å². The van der Waals surface area contributed by atoms with E-state index in [2.05, 4.69) is 34.6 Å². The highest BCUT2D eigenvalue weighted by Gasteiger charge is 2.23. The van der Waals surface area contributed by atoms with E-state index in [1.807, 2.05) is 91.2 Å². The zero-order valence-electron chi connectivity index (χ0n) is 18.4. The van der Waals surface area contributed by atoms with Gasteiger partial charge in [-0.05, 0) is 44.0 Å². The number of aromatic nitrogens is 3. The second-order valence-electron chi connectivity index (χ2n) is 7.72. The average molecular weight is 443 g/mol. The number of hydrogen-bond donors (Lipinski definition) is 1. The third-order valence-electron chi connectivity index (χ3n) is 5.29. The van der Waals surface area contributed by atoms with Gasteiger partial charge in [-0.1, -0.05) is 90.1 Å². The number of amides is 1. The van der Waals surface area contributed by atoms with Crippen molar-refractivity contribution in [1.29, 1.82) is 0 Å². The third-order valence-corrected chi connectivity index (χ3v) is 6.33. The average Bonchev–Trinajstić information content (AvgIpc) is 3.18. The molecule has 1 N–H and O–H groups in total. The first-order valence-electron chi connectivity index (χ1n) is 10.6. The monoisotopic (exact) mass is 442 g/mol. The minimum atomic E-state index is -0.349. The lowest BCUT2D eigenvalue weighted by Crippen LogP contribution is -2.35. The number of benzene rings is 3. The maximum atomic E-state index is 13.2. The molecule has 0 aliphatic rings. The summed E-state index contributed by atoms with van der Waals surface area (Å²) in [5, 5.41) is 12.1. The Hall–Kier alpha value is -3.38. The van der Waals surface area contributed by atoms with Crippen LogP contribution in [0.3, 0.4) is 0 Å². The summed E-state index contributed by atoms with van der Waals surface area (Å²) in [5.41, 5.74) is 4.26. The lowest BCUT2D eigenvalue weighted by Gasteiger charge is -2.22. The van der Waals surface area contributed by atoms with Crippen molar-refractivity contribution in [1.82, 2.24) is 20.1 Å². The van der Waals surface area contributed by atoms with Crippen LogP contribution in [0.1, 0.15) is 35.5 Å². The van der Waals surface area contributed by atoms with E-state index in [0.717, 1.165) is 22.6 Å². The van der Waals surface area contributed by atoms with Crippen LogP contribution < -0.4 is 5.32 Å². The van der Waals surface area contributed by atoms with Crippen LogP contribution in [0.2, 0.25) is 0 Å². The van der Waals surface area contributed by atoms with Crippen LogP contribution in [0.4, 0.5) is 0 Å². The molecule has 1 heterocycles. The Kier molecular flexibility index (Phi) is 6.71. The van der Waals surface area contributed by atoms with Gasteiger partial charge in [0.1, 0.15) is 5.82 Å². The number of thioether (sulfide) groups is 1. The molecule has 0 radical (unpaired) electrons. The second-order valence-corrected chi connectivity index (χ2v) is 9.03. The Balaban J connectivity index is 1.55. The van der Waals surface area contributed by atoms with Gasteiger partial charge in [-0.3, -0.25) is 9.36 Å². The van der Waals surface area contributed by atoms with E-state index < -0.39 is 0 Å². The predicted molar refractivity (Wildman–Crippen MR) is 129 cm³/mol. The lowest BCUT2D eigenvalue weighted by molar-refractivity contribution is -0.120. The van der Waals surface area contributed by atoms with Gasteiger partial charge < -0.3 is 5.32 Å². The summed E-state index contributed by atoms with van der Waals surface area (Å²) in [6.45, 7) is 5.87. The quantitative estimate of drug-likeness (QED) is 0.396. The Bertz CT molecular complexity index is 1130. The summed E-state index contributed by atoms with van der Waals surface area (Å²) in [6.07, 6.45) is 0. The largest absolute Gasteiger partial charge is 0.344 e. The molecular formula is C26H26N4OS. The van der Waals surface area contributed by atoms with E-state index in [9.17, 15) is 4.79 Å². The molecule has 4 aromatic rings. The molecule has 6 heteroatoms. The number of nitrogens with zero attached hydrogens (tertiary/aromatic N) is 3. The number of carbonyl (C=O) groups excluding carboxylic acids is 1. The molecule has 5 nitrogen and oxygen atoms in total. The smallest absolute Gasteiger partial charge is 0.234 e. The fourth-order valence-electron chi connectivity index (χ4n) is 3.53. The first-order chi connectivity index (χ1) is 15.5. The molecule has 1 aromatic heterocycles. The standard InChI is InChI=1S/C26H26N4OS/c1-18-14-16-23(17-15-18)30-20(3)28-29-26(30)32-19(2)25(31)27-24(21-10-6-4-7-11-21)22-12-8-5-9-13-22/h4-17,19,24H,1-3H3,(H,27,31). The molecule has 1 unspecified atom stereocenters. The van der Waals surface area contributed by atoms with Crippen molar-refractivity contribution in [3.8, 4) is 5.69 Å². The molecule has 0 aliphatic carbocycles. The van der Waals surface area contributed by atoms with E-state index in [4.69, 9.17) is 0 Å². The summed E-state index contributed by atoms with van der Waals surface area (Å²) in [6, 6.07) is 28.0. The van der Waals surface area contributed by atoms with Crippen LogP contribution in [-0.2, 0) is 4.79 Å². The molecule has 162 valence electrons. The van der Waals surface area contributed by atoms with Gasteiger partial charge in [-0.25, -0.2) is 0 Å². The summed E-state index contributed by atoms with van der Waals surface area (Å²) >= 11 is 1.41. The third kappa shape index (κ3) is 4.92. The van der Waals surface area contributed by atoms with Gasteiger partial charge in [0.25, 0.3) is 0 Å². The number of carbonyl (C=O) groups is 1. The molecule has 3 aromatic carbocycles. The summed E-state index contributed by atoms with van der Waals surface area (Å²) in [7, 11) is 0. The molecule has 1 amide bonds. The minimum Gasteiger partial charge on any atom is -0.344 e. The topological polar surface area (TPSA) is 59.8 Å². The Morgan fingerprint density at radius 2 is 1.41 bits per heavy atom. The van der Waals surface area contributed by atoms with Gasteiger partial charge >= 0.3 is 0 Å². The van der Waals surface area contributed by atoms with Crippen molar-refractivity contribution in [2.45, 2.75) is 37.2 Å². The maximum absolute atomic E-state index is 13.2. The van der Waals surface area contributed by atoms with Crippen LogP contribution in [-0.4, -0.2) is 25.9 Å². The van der Waals surface area contributed by atoms with Crippen LogP contribution in [0, 0.1) is 13.8 Å². The van der Waals surface area contributed by atoms with E-state index >= 15 is 0 Å². The number of rotatable bonds is 7. The number of hydrogen-bond acceptors (Lipinski definition) is 4. The fraction of sp³-hybridized carbons (Fsp3) is 0.192. The van der Waals surface area contributed by atoms with Gasteiger partial charge in [0.15, 0.2) is 5.16 Å². The van der Waals surface area contributed by atoms with Crippen molar-refractivity contribution in [2.24, 2.45) is 0 Å². The van der Waals surface area contributed by atoms with Crippen molar-refractivity contribution in [2.75, 3.05) is 0 Å².